The summed E-state index contributed by atoms with van der Waals surface area (Å²) in [6, 6.07) is 3.71. The van der Waals surface area contributed by atoms with Gasteiger partial charge in [-0.05, 0) is 38.3 Å². The average Bonchev–Trinajstić information content (AvgIpc) is 3.22. The number of nitrogens with one attached hydrogen (secondary N) is 2. The maximum atomic E-state index is 12.3. The van der Waals surface area contributed by atoms with Crippen LogP contribution < -0.4 is 15.5 Å². The number of nitrogens with zero attached hydrogens (tertiary/aromatic N) is 3. The van der Waals surface area contributed by atoms with Gasteiger partial charge in [0.1, 0.15) is 5.82 Å². The van der Waals surface area contributed by atoms with Gasteiger partial charge in [-0.1, -0.05) is 6.92 Å². The van der Waals surface area contributed by atoms with Crippen LogP contribution in [0.4, 0.5) is 16.3 Å². The van der Waals surface area contributed by atoms with Gasteiger partial charge in [0, 0.05) is 38.3 Å². The largest absolute Gasteiger partial charge is 0.379 e. The minimum atomic E-state index is -0.186. The molecule has 1 atom stereocenters. The second-order valence-electron chi connectivity index (χ2n) is 7.36. The van der Waals surface area contributed by atoms with E-state index in [-0.39, 0.29) is 11.6 Å². The van der Waals surface area contributed by atoms with Gasteiger partial charge in [-0.3, -0.25) is 4.90 Å². The molecule has 3 rings (SSSR count). The summed E-state index contributed by atoms with van der Waals surface area (Å²) < 4.78 is 5.44. The molecule has 26 heavy (non-hydrogen) atoms. The fourth-order valence-corrected chi connectivity index (χ4v) is 3.60. The molecule has 2 saturated heterocycles. The van der Waals surface area contributed by atoms with Gasteiger partial charge in [-0.2, -0.15) is 0 Å². The molecule has 0 unspecified atom stereocenters. The van der Waals surface area contributed by atoms with E-state index in [4.69, 9.17) is 4.74 Å². The number of anilines is 2. The lowest BCUT2D eigenvalue weighted by molar-refractivity contribution is -0.0163. The Morgan fingerprint density at radius 3 is 2.58 bits per heavy atom. The minimum absolute atomic E-state index is 0.0566. The van der Waals surface area contributed by atoms with Crippen molar-refractivity contribution in [2.75, 3.05) is 56.2 Å². The van der Waals surface area contributed by atoms with E-state index in [9.17, 15) is 4.79 Å². The van der Waals surface area contributed by atoms with Crippen molar-refractivity contribution in [2.24, 2.45) is 0 Å². The molecule has 0 aromatic carbocycles. The van der Waals surface area contributed by atoms with Crippen LogP contribution in [0.2, 0.25) is 0 Å². The number of hydrogen-bond acceptors (Lipinski definition) is 5. The number of hydrogen-bond donors (Lipinski definition) is 2. The van der Waals surface area contributed by atoms with Gasteiger partial charge >= 0.3 is 6.03 Å². The highest BCUT2D eigenvalue weighted by molar-refractivity contribution is 5.89. The fourth-order valence-electron chi connectivity index (χ4n) is 3.60. The fraction of sp³-hybridized carbons (Fsp3) is 0.684. The van der Waals surface area contributed by atoms with Crippen molar-refractivity contribution in [3.8, 4) is 0 Å². The number of ether oxygens (including phenoxy) is 1. The third kappa shape index (κ3) is 4.65. The molecule has 7 heteroatoms. The highest BCUT2D eigenvalue weighted by Gasteiger charge is 2.31. The second kappa shape index (κ2) is 8.68. The lowest BCUT2D eigenvalue weighted by atomic mass is 9.95. The van der Waals surface area contributed by atoms with Gasteiger partial charge in [0.05, 0.1) is 25.1 Å². The first-order valence-electron chi connectivity index (χ1n) is 9.69. The van der Waals surface area contributed by atoms with Crippen LogP contribution in [0, 0.1) is 0 Å². The molecule has 0 bridgehead atoms. The van der Waals surface area contributed by atoms with Gasteiger partial charge in [-0.25, -0.2) is 9.78 Å². The van der Waals surface area contributed by atoms with Crippen LogP contribution in [-0.4, -0.2) is 67.4 Å². The molecule has 2 N–H and O–H groups in total. The highest BCUT2D eigenvalue weighted by Crippen LogP contribution is 2.21. The highest BCUT2D eigenvalue weighted by atomic mass is 16.5. The third-order valence-corrected chi connectivity index (χ3v) is 5.60. The Morgan fingerprint density at radius 1 is 1.23 bits per heavy atom. The van der Waals surface area contributed by atoms with E-state index < -0.39 is 0 Å². The van der Waals surface area contributed by atoms with Crippen molar-refractivity contribution in [3.05, 3.63) is 18.3 Å². The number of morpholine rings is 1. The number of amides is 2. The third-order valence-electron chi connectivity index (χ3n) is 5.60. The van der Waals surface area contributed by atoms with Crippen LogP contribution in [0.3, 0.4) is 0 Å². The molecule has 0 saturated carbocycles. The van der Waals surface area contributed by atoms with Gasteiger partial charge in [0.15, 0.2) is 0 Å². The average molecular weight is 361 g/mol. The normalized spacial score (nSPS) is 20.6. The number of carbonyl (C=O) groups is 1. The molecule has 1 aromatic rings. The summed E-state index contributed by atoms with van der Waals surface area (Å²) in [5, 5.41) is 5.90. The summed E-state index contributed by atoms with van der Waals surface area (Å²) in [5.41, 5.74) is 0.661. The number of pyridine rings is 1. The van der Waals surface area contributed by atoms with Crippen molar-refractivity contribution in [1.82, 2.24) is 15.2 Å². The van der Waals surface area contributed by atoms with Crippen LogP contribution in [0.1, 0.15) is 33.1 Å². The summed E-state index contributed by atoms with van der Waals surface area (Å²) in [6.07, 6.45) is 5.15. The molecule has 3 heterocycles. The number of rotatable bonds is 6. The van der Waals surface area contributed by atoms with E-state index in [1.165, 1.54) is 12.8 Å². The second-order valence-corrected chi connectivity index (χ2v) is 7.36. The molecule has 0 aliphatic carbocycles. The molecule has 7 nitrogen and oxygen atoms in total. The molecule has 0 spiro atoms. The molecule has 1 aromatic heterocycles. The molecule has 144 valence electrons. The number of carbonyl (C=O) groups excluding carboxylic acids is 1. The van der Waals surface area contributed by atoms with Crippen molar-refractivity contribution in [3.63, 3.8) is 0 Å². The molecule has 2 amide bonds. The predicted octanol–water partition coefficient (Wildman–Crippen LogP) is 2.30. The zero-order valence-electron chi connectivity index (χ0n) is 16.0. The van der Waals surface area contributed by atoms with Crippen molar-refractivity contribution >= 4 is 17.5 Å². The zero-order chi connectivity index (χ0) is 18.4. The van der Waals surface area contributed by atoms with E-state index in [2.05, 4.69) is 39.3 Å². The summed E-state index contributed by atoms with van der Waals surface area (Å²) >= 11 is 0. The molecule has 2 aliphatic rings. The summed E-state index contributed by atoms with van der Waals surface area (Å²) in [7, 11) is 0. The van der Waals surface area contributed by atoms with Crippen LogP contribution in [0.15, 0.2) is 18.3 Å². The number of aromatic nitrogens is 1. The first-order valence-corrected chi connectivity index (χ1v) is 9.69. The predicted molar refractivity (Wildman–Crippen MR) is 104 cm³/mol. The molecule has 0 radical (unpaired) electrons. The van der Waals surface area contributed by atoms with E-state index >= 15 is 0 Å². The SMILES string of the molecule is CC[C@@](C)(CNC(=O)Nc1ccc(N2CCCC2)nc1)N1CCOCC1. The molecular weight excluding hydrogens is 330 g/mol. The zero-order valence-corrected chi connectivity index (χ0v) is 16.0. The lowest BCUT2D eigenvalue weighted by Gasteiger charge is -2.43. The maximum Gasteiger partial charge on any atom is 0.319 e. The minimum Gasteiger partial charge on any atom is -0.379 e. The first kappa shape index (κ1) is 18.9. The van der Waals surface area contributed by atoms with Crippen molar-refractivity contribution in [1.29, 1.82) is 0 Å². The van der Waals surface area contributed by atoms with E-state index in [0.717, 1.165) is 57.3 Å². The summed E-state index contributed by atoms with van der Waals surface area (Å²) in [6.45, 7) is 10.4. The smallest absolute Gasteiger partial charge is 0.319 e. The van der Waals surface area contributed by atoms with Crippen molar-refractivity contribution in [2.45, 2.75) is 38.6 Å². The quantitative estimate of drug-likeness (QED) is 0.814. The first-order chi connectivity index (χ1) is 12.6. The van der Waals surface area contributed by atoms with Gasteiger partial charge in [-0.15, -0.1) is 0 Å². The van der Waals surface area contributed by atoms with Crippen LogP contribution >= 0.6 is 0 Å². The van der Waals surface area contributed by atoms with Crippen LogP contribution in [0.25, 0.3) is 0 Å². The van der Waals surface area contributed by atoms with Gasteiger partial charge in [0.25, 0.3) is 0 Å². The number of urea groups is 1. The molecular formula is C19H31N5O2. The van der Waals surface area contributed by atoms with Gasteiger partial charge in [0.2, 0.25) is 0 Å². The topological polar surface area (TPSA) is 69.7 Å². The van der Waals surface area contributed by atoms with Gasteiger partial charge < -0.3 is 20.3 Å². The summed E-state index contributed by atoms with van der Waals surface area (Å²) in [4.78, 5) is 21.5. The Balaban J connectivity index is 1.49. The van der Waals surface area contributed by atoms with E-state index in [1.807, 2.05) is 12.1 Å². The monoisotopic (exact) mass is 361 g/mol. The maximum absolute atomic E-state index is 12.3. The Kier molecular flexibility index (Phi) is 6.32. The Hall–Kier alpha value is -1.86. The molecule has 2 fully saturated rings. The van der Waals surface area contributed by atoms with E-state index in [1.54, 1.807) is 6.20 Å². The Bertz CT molecular complexity index is 582. The standard InChI is InChI=1S/C19H31N5O2/c1-3-19(2,24-10-12-26-13-11-24)15-21-18(25)22-16-6-7-17(20-14-16)23-8-4-5-9-23/h6-7,14H,3-5,8-13,15H2,1-2H3,(H2,21,22,25)/t19-/m0/s1. The summed E-state index contributed by atoms with van der Waals surface area (Å²) in [5.74, 6) is 0.985. The Labute approximate surface area is 156 Å². The van der Waals surface area contributed by atoms with E-state index in [0.29, 0.717) is 6.54 Å². The lowest BCUT2D eigenvalue weighted by Crippen LogP contribution is -2.57. The van der Waals surface area contributed by atoms with Crippen LogP contribution in [-0.2, 0) is 4.74 Å². The Morgan fingerprint density at radius 2 is 1.96 bits per heavy atom. The molecule has 2 aliphatic heterocycles. The van der Waals surface area contributed by atoms with Crippen molar-refractivity contribution < 1.29 is 9.53 Å². The van der Waals surface area contributed by atoms with Crippen LogP contribution in [0.5, 0.6) is 0 Å².